The van der Waals surface area contributed by atoms with E-state index in [4.69, 9.17) is 0 Å². The van der Waals surface area contributed by atoms with Crippen LogP contribution in [-0.4, -0.2) is 11.2 Å². The minimum atomic E-state index is -0.0260. The van der Waals surface area contributed by atoms with Crippen LogP contribution in [0.15, 0.2) is 12.2 Å². The zero-order valence-corrected chi connectivity index (χ0v) is 8.73. The van der Waals surface area contributed by atoms with Gasteiger partial charge in [0.1, 0.15) is 0 Å². The number of aliphatic hydroxyl groups is 1. The predicted molar refractivity (Wildman–Crippen MR) is 56.8 cm³/mol. The lowest BCUT2D eigenvalue weighted by atomic mass is 9.74. The average molecular weight is 192 g/mol. The Balaban J connectivity index is 1.71. The van der Waals surface area contributed by atoms with Gasteiger partial charge in [-0.2, -0.15) is 0 Å². The van der Waals surface area contributed by atoms with E-state index in [1.807, 2.05) is 0 Å². The first-order valence-corrected chi connectivity index (χ1v) is 6.22. The molecule has 0 aromatic carbocycles. The summed E-state index contributed by atoms with van der Waals surface area (Å²) in [5, 5.41) is 9.97. The molecule has 1 heteroatoms. The molecule has 3 rings (SSSR count). The van der Waals surface area contributed by atoms with E-state index in [0.29, 0.717) is 11.8 Å². The fraction of sp³-hybridized carbons (Fsp3) is 0.846. The molecule has 0 amide bonds. The Kier molecular flexibility index (Phi) is 2.16. The molecule has 2 fully saturated rings. The van der Waals surface area contributed by atoms with Crippen molar-refractivity contribution < 1.29 is 5.11 Å². The Morgan fingerprint density at radius 2 is 1.79 bits per heavy atom. The van der Waals surface area contributed by atoms with E-state index in [9.17, 15) is 5.11 Å². The zero-order valence-electron chi connectivity index (χ0n) is 8.73. The van der Waals surface area contributed by atoms with Crippen molar-refractivity contribution in [2.24, 2.45) is 23.7 Å². The van der Waals surface area contributed by atoms with Crippen molar-refractivity contribution in [2.45, 2.75) is 44.6 Å². The molecule has 0 saturated heterocycles. The number of fused-ring (bicyclic) bond motifs is 2. The van der Waals surface area contributed by atoms with Crippen molar-refractivity contribution in [3.05, 3.63) is 12.2 Å². The van der Waals surface area contributed by atoms with E-state index in [1.165, 1.54) is 38.5 Å². The molecule has 78 valence electrons. The molecule has 3 aliphatic rings. The molecule has 0 aromatic rings. The van der Waals surface area contributed by atoms with Crippen molar-refractivity contribution in [1.82, 2.24) is 0 Å². The largest absolute Gasteiger partial charge is 0.392 e. The minimum absolute atomic E-state index is 0.0260. The molecule has 3 aliphatic carbocycles. The highest BCUT2D eigenvalue weighted by Crippen LogP contribution is 2.49. The van der Waals surface area contributed by atoms with E-state index in [1.54, 1.807) is 0 Å². The summed E-state index contributed by atoms with van der Waals surface area (Å²) in [6.45, 7) is 0. The summed E-state index contributed by atoms with van der Waals surface area (Å²) >= 11 is 0. The lowest BCUT2D eigenvalue weighted by Gasteiger charge is -2.31. The highest BCUT2D eigenvalue weighted by Gasteiger charge is 2.46. The van der Waals surface area contributed by atoms with Gasteiger partial charge >= 0.3 is 0 Å². The number of aliphatic hydroxyl groups excluding tert-OH is 1. The molecule has 1 N–H and O–H groups in total. The van der Waals surface area contributed by atoms with E-state index in [2.05, 4.69) is 12.2 Å². The Hall–Kier alpha value is -0.300. The third-order valence-corrected chi connectivity index (χ3v) is 4.71. The summed E-state index contributed by atoms with van der Waals surface area (Å²) in [5.74, 6) is 2.77. The third kappa shape index (κ3) is 1.25. The number of hydrogen-bond acceptors (Lipinski definition) is 1. The molecule has 0 aromatic heterocycles. The highest BCUT2D eigenvalue weighted by molar-refractivity contribution is 5.16. The molecule has 0 radical (unpaired) electrons. The molecule has 4 atom stereocenters. The van der Waals surface area contributed by atoms with Crippen molar-refractivity contribution in [1.29, 1.82) is 0 Å². The maximum atomic E-state index is 9.97. The number of hydrogen-bond donors (Lipinski definition) is 1. The normalized spacial score (nSPS) is 47.5. The van der Waals surface area contributed by atoms with Crippen LogP contribution in [0.1, 0.15) is 38.5 Å². The molecule has 4 unspecified atom stereocenters. The van der Waals surface area contributed by atoms with Crippen LogP contribution in [0.5, 0.6) is 0 Å². The Morgan fingerprint density at radius 1 is 1.00 bits per heavy atom. The van der Waals surface area contributed by atoms with Crippen molar-refractivity contribution >= 4 is 0 Å². The summed E-state index contributed by atoms with van der Waals surface area (Å²) in [4.78, 5) is 0. The summed E-state index contributed by atoms with van der Waals surface area (Å²) in [5.41, 5.74) is 0. The molecule has 2 bridgehead atoms. The zero-order chi connectivity index (χ0) is 9.54. The van der Waals surface area contributed by atoms with E-state index in [0.717, 1.165) is 11.8 Å². The van der Waals surface area contributed by atoms with E-state index < -0.39 is 0 Å². The minimum Gasteiger partial charge on any atom is -0.392 e. The first kappa shape index (κ1) is 8.96. The fourth-order valence-electron chi connectivity index (χ4n) is 3.94. The average Bonchev–Trinajstić information content (AvgIpc) is 2.76. The van der Waals surface area contributed by atoms with Gasteiger partial charge in [0.15, 0.2) is 0 Å². The predicted octanol–water partition coefficient (Wildman–Crippen LogP) is 2.75. The van der Waals surface area contributed by atoms with Crippen molar-refractivity contribution in [3.63, 3.8) is 0 Å². The molecule has 2 saturated carbocycles. The maximum Gasteiger partial charge on any atom is 0.0668 e. The van der Waals surface area contributed by atoms with Crippen LogP contribution in [0.25, 0.3) is 0 Å². The van der Waals surface area contributed by atoms with Gasteiger partial charge in [0.2, 0.25) is 0 Å². The molecular weight excluding hydrogens is 172 g/mol. The standard InChI is InChI=1S/C13H20O/c14-13-10-6-7-11(13)12(8-10)9-4-2-1-3-5-9/h6-7,9-14H,1-5,8H2. The summed E-state index contributed by atoms with van der Waals surface area (Å²) in [6, 6.07) is 0. The van der Waals surface area contributed by atoms with Gasteiger partial charge in [0.05, 0.1) is 6.10 Å². The van der Waals surface area contributed by atoms with E-state index in [-0.39, 0.29) is 6.10 Å². The van der Waals surface area contributed by atoms with Crippen LogP contribution in [0.4, 0.5) is 0 Å². The van der Waals surface area contributed by atoms with Crippen LogP contribution in [0, 0.1) is 23.7 Å². The molecule has 14 heavy (non-hydrogen) atoms. The summed E-state index contributed by atoms with van der Waals surface area (Å²) < 4.78 is 0. The van der Waals surface area contributed by atoms with Crippen LogP contribution >= 0.6 is 0 Å². The van der Waals surface area contributed by atoms with E-state index >= 15 is 0 Å². The lowest BCUT2D eigenvalue weighted by molar-refractivity contribution is 0.116. The molecule has 0 aliphatic heterocycles. The van der Waals surface area contributed by atoms with Gasteiger partial charge in [-0.05, 0) is 18.3 Å². The second-order valence-electron chi connectivity index (χ2n) is 5.41. The Bertz CT molecular complexity index is 240. The Morgan fingerprint density at radius 3 is 2.36 bits per heavy atom. The van der Waals surface area contributed by atoms with Crippen LogP contribution in [0.2, 0.25) is 0 Å². The second kappa shape index (κ2) is 3.37. The highest BCUT2D eigenvalue weighted by atomic mass is 16.3. The van der Waals surface area contributed by atoms with Gasteiger partial charge in [-0.25, -0.2) is 0 Å². The summed E-state index contributed by atoms with van der Waals surface area (Å²) in [7, 11) is 0. The molecular formula is C13H20O. The first-order chi connectivity index (χ1) is 6.86. The fourth-order valence-corrected chi connectivity index (χ4v) is 3.94. The maximum absolute atomic E-state index is 9.97. The Labute approximate surface area is 86.2 Å². The quantitative estimate of drug-likeness (QED) is 0.633. The monoisotopic (exact) mass is 192 g/mol. The van der Waals surface area contributed by atoms with Crippen LogP contribution in [-0.2, 0) is 0 Å². The third-order valence-electron chi connectivity index (χ3n) is 4.71. The first-order valence-electron chi connectivity index (χ1n) is 6.22. The molecule has 1 nitrogen and oxygen atoms in total. The van der Waals surface area contributed by atoms with Gasteiger partial charge in [0, 0.05) is 11.8 Å². The SMILES string of the molecule is OC1C2C=CC1C(C1CCCCC1)C2. The van der Waals surface area contributed by atoms with Crippen molar-refractivity contribution in [3.8, 4) is 0 Å². The topological polar surface area (TPSA) is 20.2 Å². The number of rotatable bonds is 1. The second-order valence-corrected chi connectivity index (χ2v) is 5.41. The van der Waals surface area contributed by atoms with Gasteiger partial charge in [-0.15, -0.1) is 0 Å². The van der Waals surface area contributed by atoms with Gasteiger partial charge < -0.3 is 5.11 Å². The smallest absolute Gasteiger partial charge is 0.0668 e. The van der Waals surface area contributed by atoms with Gasteiger partial charge in [0.25, 0.3) is 0 Å². The van der Waals surface area contributed by atoms with Crippen LogP contribution < -0.4 is 0 Å². The van der Waals surface area contributed by atoms with Gasteiger partial charge in [-0.1, -0.05) is 44.3 Å². The molecule has 0 spiro atoms. The van der Waals surface area contributed by atoms with Crippen LogP contribution in [0.3, 0.4) is 0 Å². The van der Waals surface area contributed by atoms with Gasteiger partial charge in [-0.3, -0.25) is 0 Å². The van der Waals surface area contributed by atoms with Crippen molar-refractivity contribution in [2.75, 3.05) is 0 Å². The lowest BCUT2D eigenvalue weighted by Crippen LogP contribution is -2.24. The molecule has 0 heterocycles. The summed E-state index contributed by atoms with van der Waals surface area (Å²) in [6.07, 6.45) is 12.9.